The minimum atomic E-state index is -0.321. The Morgan fingerprint density at radius 1 is 0.912 bits per heavy atom. The summed E-state index contributed by atoms with van der Waals surface area (Å²) in [6.45, 7) is 0. The number of amides is 2. The largest absolute Gasteiger partial charge is 0.497 e. The number of nitrogens with one attached hydrogen (secondary N) is 2. The summed E-state index contributed by atoms with van der Waals surface area (Å²) in [6, 6.07) is 21.1. The Bertz CT molecular complexity index is 1320. The second kappa shape index (κ2) is 10.7. The van der Waals surface area contributed by atoms with Gasteiger partial charge in [0, 0.05) is 27.9 Å². The SMILES string of the molecule is COc1ccc(-c2nnc(NC(=O)c3ccc(NC(=O)/C=C/c4ccc(Cl)cc4)cc3)s2)cc1. The molecular formula is C25H19ClN4O3S. The van der Waals surface area contributed by atoms with Crippen LogP contribution in [0.5, 0.6) is 5.75 Å². The van der Waals surface area contributed by atoms with Crippen LogP contribution in [0.25, 0.3) is 16.6 Å². The molecule has 2 amide bonds. The first-order valence-electron chi connectivity index (χ1n) is 10.1. The summed E-state index contributed by atoms with van der Waals surface area (Å²) in [4.78, 5) is 24.7. The highest BCUT2D eigenvalue weighted by atomic mass is 35.5. The summed E-state index contributed by atoms with van der Waals surface area (Å²) < 4.78 is 5.16. The van der Waals surface area contributed by atoms with Crippen molar-refractivity contribution in [2.24, 2.45) is 0 Å². The number of hydrogen-bond donors (Lipinski definition) is 2. The van der Waals surface area contributed by atoms with E-state index in [1.54, 1.807) is 49.6 Å². The number of nitrogens with zero attached hydrogens (tertiary/aromatic N) is 2. The Labute approximate surface area is 205 Å². The van der Waals surface area contributed by atoms with Gasteiger partial charge in [-0.1, -0.05) is 35.1 Å². The molecule has 1 heterocycles. The van der Waals surface area contributed by atoms with Crippen molar-refractivity contribution in [2.75, 3.05) is 17.7 Å². The molecule has 0 aliphatic rings. The fraction of sp³-hybridized carbons (Fsp3) is 0.0400. The molecule has 4 aromatic rings. The molecule has 0 fully saturated rings. The lowest BCUT2D eigenvalue weighted by molar-refractivity contribution is -0.111. The summed E-state index contributed by atoms with van der Waals surface area (Å²) in [5, 5.41) is 15.4. The van der Waals surface area contributed by atoms with E-state index in [1.165, 1.54) is 17.4 Å². The molecule has 170 valence electrons. The lowest BCUT2D eigenvalue weighted by Gasteiger charge is -2.05. The van der Waals surface area contributed by atoms with Gasteiger partial charge >= 0.3 is 0 Å². The second-order valence-corrected chi connectivity index (χ2v) is 8.46. The fourth-order valence-electron chi connectivity index (χ4n) is 2.93. The molecule has 4 rings (SSSR count). The highest BCUT2D eigenvalue weighted by molar-refractivity contribution is 7.18. The van der Waals surface area contributed by atoms with Crippen molar-refractivity contribution in [3.8, 4) is 16.3 Å². The van der Waals surface area contributed by atoms with E-state index in [9.17, 15) is 9.59 Å². The van der Waals surface area contributed by atoms with E-state index in [0.717, 1.165) is 16.9 Å². The predicted molar refractivity (Wildman–Crippen MR) is 135 cm³/mol. The van der Waals surface area contributed by atoms with Crippen LogP contribution in [0.3, 0.4) is 0 Å². The maximum atomic E-state index is 12.6. The van der Waals surface area contributed by atoms with Crippen molar-refractivity contribution < 1.29 is 14.3 Å². The molecule has 34 heavy (non-hydrogen) atoms. The van der Waals surface area contributed by atoms with Gasteiger partial charge in [-0.2, -0.15) is 0 Å². The molecule has 1 aromatic heterocycles. The van der Waals surface area contributed by atoms with Crippen LogP contribution in [0.15, 0.2) is 78.9 Å². The van der Waals surface area contributed by atoms with E-state index in [4.69, 9.17) is 16.3 Å². The minimum absolute atomic E-state index is 0.285. The number of methoxy groups -OCH3 is 1. The summed E-state index contributed by atoms with van der Waals surface area (Å²) in [6.07, 6.45) is 3.12. The highest BCUT2D eigenvalue weighted by Crippen LogP contribution is 2.28. The van der Waals surface area contributed by atoms with E-state index < -0.39 is 0 Å². The summed E-state index contributed by atoms with van der Waals surface area (Å²) in [5.41, 5.74) is 2.73. The Kier molecular flexibility index (Phi) is 7.31. The first-order chi connectivity index (χ1) is 16.5. The zero-order chi connectivity index (χ0) is 23.9. The van der Waals surface area contributed by atoms with Crippen molar-refractivity contribution in [1.82, 2.24) is 10.2 Å². The average molecular weight is 491 g/mol. The maximum Gasteiger partial charge on any atom is 0.257 e. The number of halogens is 1. The van der Waals surface area contributed by atoms with Crippen molar-refractivity contribution in [3.05, 3.63) is 95.0 Å². The molecule has 0 aliphatic heterocycles. The van der Waals surface area contributed by atoms with Crippen LogP contribution in [-0.4, -0.2) is 29.1 Å². The molecule has 0 aliphatic carbocycles. The number of carbonyl (C=O) groups excluding carboxylic acids is 2. The quantitative estimate of drug-likeness (QED) is 0.321. The summed E-state index contributed by atoms with van der Waals surface area (Å²) in [7, 11) is 1.61. The molecule has 0 spiro atoms. The van der Waals surface area contributed by atoms with Crippen LogP contribution in [0, 0.1) is 0 Å². The molecule has 0 saturated carbocycles. The summed E-state index contributed by atoms with van der Waals surface area (Å²) >= 11 is 7.13. The van der Waals surface area contributed by atoms with E-state index in [0.29, 0.717) is 26.4 Å². The van der Waals surface area contributed by atoms with Crippen LogP contribution in [0.4, 0.5) is 10.8 Å². The number of ether oxygens (including phenoxy) is 1. The number of anilines is 2. The van der Waals surface area contributed by atoms with Crippen molar-refractivity contribution >= 4 is 51.6 Å². The van der Waals surface area contributed by atoms with Gasteiger partial charge in [-0.3, -0.25) is 14.9 Å². The van der Waals surface area contributed by atoms with Gasteiger partial charge in [-0.25, -0.2) is 0 Å². The van der Waals surface area contributed by atoms with Crippen LogP contribution < -0.4 is 15.4 Å². The summed E-state index contributed by atoms with van der Waals surface area (Å²) in [5.74, 6) is 0.143. The van der Waals surface area contributed by atoms with Gasteiger partial charge in [-0.15, -0.1) is 10.2 Å². The monoisotopic (exact) mass is 490 g/mol. The molecule has 0 saturated heterocycles. The Morgan fingerprint density at radius 3 is 2.29 bits per heavy atom. The Morgan fingerprint density at radius 2 is 1.62 bits per heavy atom. The fourth-order valence-corrected chi connectivity index (χ4v) is 3.80. The van der Waals surface area contributed by atoms with Gasteiger partial charge in [-0.05, 0) is 72.3 Å². The van der Waals surface area contributed by atoms with Gasteiger partial charge in [0.1, 0.15) is 10.8 Å². The van der Waals surface area contributed by atoms with Crippen LogP contribution in [0.2, 0.25) is 5.02 Å². The van der Waals surface area contributed by atoms with E-state index >= 15 is 0 Å². The lowest BCUT2D eigenvalue weighted by Crippen LogP contribution is -2.12. The highest BCUT2D eigenvalue weighted by Gasteiger charge is 2.12. The first kappa shape index (κ1) is 23.2. The number of benzene rings is 3. The molecule has 3 aromatic carbocycles. The van der Waals surface area contributed by atoms with Gasteiger partial charge in [0.2, 0.25) is 11.0 Å². The van der Waals surface area contributed by atoms with Crippen LogP contribution >= 0.6 is 22.9 Å². The molecule has 7 nitrogen and oxygen atoms in total. The average Bonchev–Trinajstić information content (AvgIpc) is 3.32. The third-order valence-electron chi connectivity index (χ3n) is 4.69. The lowest BCUT2D eigenvalue weighted by atomic mass is 10.2. The molecule has 2 N–H and O–H groups in total. The molecule has 0 bridgehead atoms. The zero-order valence-corrected chi connectivity index (χ0v) is 19.6. The van der Waals surface area contributed by atoms with Crippen molar-refractivity contribution in [1.29, 1.82) is 0 Å². The molecule has 0 atom stereocenters. The van der Waals surface area contributed by atoms with Gasteiger partial charge in [0.15, 0.2) is 0 Å². The molecular weight excluding hydrogens is 472 g/mol. The molecule has 9 heteroatoms. The predicted octanol–water partition coefficient (Wildman–Crippen LogP) is 5.77. The van der Waals surface area contributed by atoms with E-state index in [2.05, 4.69) is 20.8 Å². The number of carbonyl (C=O) groups is 2. The van der Waals surface area contributed by atoms with Crippen molar-refractivity contribution in [2.45, 2.75) is 0 Å². The third-order valence-corrected chi connectivity index (χ3v) is 5.83. The smallest absolute Gasteiger partial charge is 0.257 e. The molecule has 0 radical (unpaired) electrons. The van der Waals surface area contributed by atoms with Crippen LogP contribution in [0.1, 0.15) is 15.9 Å². The maximum absolute atomic E-state index is 12.6. The second-order valence-electron chi connectivity index (χ2n) is 7.05. The Balaban J connectivity index is 1.33. The molecule has 0 unspecified atom stereocenters. The van der Waals surface area contributed by atoms with E-state index in [-0.39, 0.29) is 11.8 Å². The van der Waals surface area contributed by atoms with Gasteiger partial charge < -0.3 is 10.1 Å². The van der Waals surface area contributed by atoms with Crippen LogP contribution in [-0.2, 0) is 4.79 Å². The minimum Gasteiger partial charge on any atom is -0.497 e. The van der Waals surface area contributed by atoms with Gasteiger partial charge in [0.25, 0.3) is 5.91 Å². The third kappa shape index (κ3) is 6.06. The van der Waals surface area contributed by atoms with Crippen molar-refractivity contribution in [3.63, 3.8) is 0 Å². The Hall–Kier alpha value is -4.01. The zero-order valence-electron chi connectivity index (χ0n) is 18.0. The number of hydrogen-bond acceptors (Lipinski definition) is 6. The normalized spacial score (nSPS) is 10.8. The number of aromatic nitrogens is 2. The standard InChI is InChI=1S/C25H19ClN4O3S/c1-33-21-13-7-18(8-14-21)24-29-30-25(34-24)28-23(32)17-5-11-20(12-6-17)27-22(31)15-4-16-2-9-19(26)10-3-16/h2-15H,1H3,(H,27,31)(H,28,30,32)/b15-4+. The topological polar surface area (TPSA) is 93.2 Å². The van der Waals surface area contributed by atoms with E-state index in [1.807, 2.05) is 36.4 Å². The first-order valence-corrected chi connectivity index (χ1v) is 11.3. The number of rotatable bonds is 7. The van der Waals surface area contributed by atoms with Gasteiger partial charge in [0.05, 0.1) is 7.11 Å².